The van der Waals surface area contributed by atoms with Gasteiger partial charge in [-0.15, -0.1) is 0 Å². The maximum atomic E-state index is 6.23. The van der Waals surface area contributed by atoms with Crippen LogP contribution in [0.25, 0.3) is 5.57 Å². The Morgan fingerprint density at radius 2 is 1.27 bits per heavy atom. The van der Waals surface area contributed by atoms with Gasteiger partial charge < -0.3 is 9.47 Å². The molecule has 0 unspecified atom stereocenters. The van der Waals surface area contributed by atoms with Crippen LogP contribution in [0.2, 0.25) is 10.0 Å². The molecule has 0 radical (unpaired) electrons. The van der Waals surface area contributed by atoms with E-state index in [-0.39, 0.29) is 0 Å². The number of hydrogen-bond donors (Lipinski definition) is 0. The second-order valence-electron chi connectivity index (χ2n) is 4.63. The van der Waals surface area contributed by atoms with E-state index in [2.05, 4.69) is 6.58 Å². The van der Waals surface area contributed by atoms with E-state index in [1.54, 1.807) is 0 Å². The van der Waals surface area contributed by atoms with Gasteiger partial charge in [0, 0.05) is 0 Å². The molecular weight excluding hydrogens is 319 g/mol. The Morgan fingerprint density at radius 1 is 0.864 bits per heavy atom. The van der Waals surface area contributed by atoms with Crippen LogP contribution < -0.4 is 9.47 Å². The van der Waals surface area contributed by atoms with Crippen LogP contribution in [0.4, 0.5) is 0 Å². The van der Waals surface area contributed by atoms with Gasteiger partial charge in [-0.25, -0.2) is 0 Å². The average molecular weight is 337 g/mol. The van der Waals surface area contributed by atoms with E-state index >= 15 is 0 Å². The van der Waals surface area contributed by atoms with Crippen LogP contribution in [0, 0.1) is 0 Å². The van der Waals surface area contributed by atoms with Crippen molar-refractivity contribution in [2.24, 2.45) is 0 Å². The Hall–Kier alpha value is -1.64. The number of benzene rings is 2. The summed E-state index contributed by atoms with van der Waals surface area (Å²) in [6.45, 7) is 9.13. The maximum absolute atomic E-state index is 6.23. The minimum absolute atomic E-state index is 0.567. The van der Waals surface area contributed by atoms with Crippen molar-refractivity contribution in [3.05, 3.63) is 64.1 Å². The summed E-state index contributed by atoms with van der Waals surface area (Å²) in [6, 6.07) is 11.3. The van der Waals surface area contributed by atoms with Crippen molar-refractivity contribution in [1.29, 1.82) is 0 Å². The first-order valence-electron chi connectivity index (χ1n) is 7.11. The van der Waals surface area contributed by atoms with Crippen LogP contribution in [0.3, 0.4) is 0 Å². The molecule has 0 saturated heterocycles. The van der Waals surface area contributed by atoms with E-state index in [1.807, 2.05) is 50.2 Å². The van der Waals surface area contributed by atoms with Gasteiger partial charge in [0.15, 0.2) is 0 Å². The van der Waals surface area contributed by atoms with Crippen molar-refractivity contribution in [2.45, 2.75) is 13.8 Å². The molecule has 2 nitrogen and oxygen atoms in total. The number of hydrogen-bond acceptors (Lipinski definition) is 2. The van der Waals surface area contributed by atoms with Crippen molar-refractivity contribution < 1.29 is 9.47 Å². The lowest BCUT2D eigenvalue weighted by Crippen LogP contribution is -1.95. The van der Waals surface area contributed by atoms with Gasteiger partial charge >= 0.3 is 0 Å². The summed E-state index contributed by atoms with van der Waals surface area (Å²) in [5, 5.41) is 1.13. The molecule has 0 saturated carbocycles. The van der Waals surface area contributed by atoms with Crippen molar-refractivity contribution in [3.63, 3.8) is 0 Å². The fraction of sp³-hybridized carbons (Fsp3) is 0.222. The molecule has 22 heavy (non-hydrogen) atoms. The lowest BCUT2D eigenvalue weighted by molar-refractivity contribution is 0.340. The summed E-state index contributed by atoms with van der Waals surface area (Å²) in [6.07, 6.45) is 0. The molecule has 0 N–H and O–H groups in total. The number of ether oxygens (including phenoxy) is 2. The highest BCUT2D eigenvalue weighted by Gasteiger charge is 2.09. The zero-order chi connectivity index (χ0) is 16.1. The predicted molar refractivity (Wildman–Crippen MR) is 93.4 cm³/mol. The lowest BCUT2D eigenvalue weighted by Gasteiger charge is -2.12. The minimum Gasteiger partial charge on any atom is -0.492 e. The summed E-state index contributed by atoms with van der Waals surface area (Å²) < 4.78 is 10.9. The molecule has 2 aromatic rings. The van der Waals surface area contributed by atoms with Gasteiger partial charge in [-0.2, -0.15) is 0 Å². The Kier molecular flexibility index (Phi) is 5.76. The summed E-state index contributed by atoms with van der Waals surface area (Å²) in [5.74, 6) is 1.34. The lowest BCUT2D eigenvalue weighted by atomic mass is 9.99. The third-order valence-corrected chi connectivity index (χ3v) is 3.75. The normalized spacial score (nSPS) is 10.4. The molecule has 2 rings (SSSR count). The predicted octanol–water partition coefficient (Wildman–Crippen LogP) is 5.85. The quantitative estimate of drug-likeness (QED) is 0.658. The highest BCUT2D eigenvalue weighted by Crippen LogP contribution is 2.33. The standard InChI is InChI=1S/C18H18Cl2O2/c1-4-21-17-8-6-13(10-15(17)19)12(3)14-7-9-18(22-5-2)16(20)11-14/h6-11H,3-5H2,1-2H3. The van der Waals surface area contributed by atoms with Crippen molar-refractivity contribution in [3.8, 4) is 11.5 Å². The topological polar surface area (TPSA) is 18.5 Å². The fourth-order valence-electron chi connectivity index (χ4n) is 2.09. The minimum atomic E-state index is 0.567. The monoisotopic (exact) mass is 336 g/mol. The van der Waals surface area contributed by atoms with Crippen molar-refractivity contribution >= 4 is 28.8 Å². The molecule has 0 aliphatic rings. The van der Waals surface area contributed by atoms with Gasteiger partial charge in [0.2, 0.25) is 0 Å². The smallest absolute Gasteiger partial charge is 0.137 e. The maximum Gasteiger partial charge on any atom is 0.137 e. The number of rotatable bonds is 6. The largest absolute Gasteiger partial charge is 0.492 e. The summed E-state index contributed by atoms with van der Waals surface area (Å²) in [5.41, 5.74) is 2.69. The van der Waals surface area contributed by atoms with Crippen molar-refractivity contribution in [2.75, 3.05) is 13.2 Å². The molecule has 0 fully saturated rings. The molecule has 0 spiro atoms. The Bertz CT molecular complexity index is 623. The first kappa shape index (κ1) is 16.7. The van der Waals surface area contributed by atoms with E-state index in [1.165, 1.54) is 0 Å². The van der Waals surface area contributed by atoms with Crippen LogP contribution in [0.5, 0.6) is 11.5 Å². The Balaban J connectivity index is 2.28. The van der Waals surface area contributed by atoms with Crippen LogP contribution >= 0.6 is 23.2 Å². The molecular formula is C18H18Cl2O2. The summed E-state index contributed by atoms with van der Waals surface area (Å²) >= 11 is 12.5. The van der Waals surface area contributed by atoms with Crippen LogP contribution in [0.15, 0.2) is 43.0 Å². The highest BCUT2D eigenvalue weighted by atomic mass is 35.5. The van der Waals surface area contributed by atoms with E-state index in [9.17, 15) is 0 Å². The molecule has 0 atom stereocenters. The fourth-order valence-corrected chi connectivity index (χ4v) is 2.56. The third kappa shape index (κ3) is 3.76. The van der Waals surface area contributed by atoms with E-state index in [4.69, 9.17) is 32.7 Å². The van der Waals surface area contributed by atoms with E-state index < -0.39 is 0 Å². The van der Waals surface area contributed by atoms with Crippen LogP contribution in [-0.4, -0.2) is 13.2 Å². The first-order chi connectivity index (χ1) is 10.6. The molecule has 0 aliphatic heterocycles. The third-order valence-electron chi connectivity index (χ3n) is 3.16. The molecule has 2 aromatic carbocycles. The van der Waals surface area contributed by atoms with Gasteiger partial charge in [0.05, 0.1) is 23.3 Å². The van der Waals surface area contributed by atoms with Crippen LogP contribution in [0.1, 0.15) is 25.0 Å². The van der Waals surface area contributed by atoms with E-state index in [0.29, 0.717) is 34.8 Å². The van der Waals surface area contributed by atoms with Gasteiger partial charge in [0.25, 0.3) is 0 Å². The summed E-state index contributed by atoms with van der Waals surface area (Å²) in [7, 11) is 0. The molecule has 116 valence electrons. The van der Waals surface area contributed by atoms with Gasteiger partial charge in [-0.1, -0.05) is 41.9 Å². The molecule has 4 heteroatoms. The molecule has 0 aliphatic carbocycles. The zero-order valence-electron chi connectivity index (χ0n) is 12.7. The second kappa shape index (κ2) is 7.57. The Labute approximate surface area is 141 Å². The SMILES string of the molecule is C=C(c1ccc(OCC)c(Cl)c1)c1ccc(OCC)c(Cl)c1. The second-order valence-corrected chi connectivity index (χ2v) is 5.45. The molecule has 0 bridgehead atoms. The van der Waals surface area contributed by atoms with Crippen LogP contribution in [-0.2, 0) is 0 Å². The molecule has 0 heterocycles. The molecule has 0 amide bonds. The average Bonchev–Trinajstić information content (AvgIpc) is 2.51. The number of halogens is 2. The van der Waals surface area contributed by atoms with Gasteiger partial charge in [-0.05, 0) is 54.8 Å². The van der Waals surface area contributed by atoms with Gasteiger partial charge in [-0.3, -0.25) is 0 Å². The molecule has 0 aromatic heterocycles. The van der Waals surface area contributed by atoms with E-state index in [0.717, 1.165) is 16.7 Å². The van der Waals surface area contributed by atoms with Gasteiger partial charge in [0.1, 0.15) is 11.5 Å². The van der Waals surface area contributed by atoms with Crippen molar-refractivity contribution in [1.82, 2.24) is 0 Å². The first-order valence-corrected chi connectivity index (χ1v) is 7.86. The zero-order valence-corrected chi connectivity index (χ0v) is 14.2. The summed E-state index contributed by atoms with van der Waals surface area (Å²) in [4.78, 5) is 0. The Morgan fingerprint density at radius 3 is 1.59 bits per heavy atom. The highest BCUT2D eigenvalue weighted by molar-refractivity contribution is 6.32.